The van der Waals surface area contributed by atoms with E-state index in [0.29, 0.717) is 29.4 Å². The zero-order chi connectivity index (χ0) is 18.4. The highest BCUT2D eigenvalue weighted by molar-refractivity contribution is 7.81. The van der Waals surface area contributed by atoms with Gasteiger partial charge in [-0.25, -0.2) is 0 Å². The van der Waals surface area contributed by atoms with Crippen molar-refractivity contribution in [2.24, 2.45) is 5.92 Å². The zero-order valence-corrected chi connectivity index (χ0v) is 15.7. The van der Waals surface area contributed by atoms with Gasteiger partial charge in [-0.3, -0.25) is 9.78 Å². The number of para-hydroxylation sites is 1. The maximum atomic E-state index is 12.8. The number of pyridine rings is 1. The van der Waals surface area contributed by atoms with Crippen LogP contribution in [0.5, 0.6) is 0 Å². The third kappa shape index (κ3) is 4.55. The first-order valence-corrected chi connectivity index (χ1v) is 9.33. The van der Waals surface area contributed by atoms with Crippen LogP contribution in [-0.2, 0) is 11.3 Å². The molecular formula is C21H23N3OS. The molecule has 1 aliphatic rings. The smallest absolute Gasteiger partial charge is 0.167 e. The Morgan fingerprint density at radius 2 is 1.88 bits per heavy atom. The van der Waals surface area contributed by atoms with Gasteiger partial charge in [-0.1, -0.05) is 43.8 Å². The van der Waals surface area contributed by atoms with Crippen molar-refractivity contribution in [1.82, 2.24) is 10.3 Å². The van der Waals surface area contributed by atoms with Gasteiger partial charge in [0, 0.05) is 36.7 Å². The summed E-state index contributed by atoms with van der Waals surface area (Å²) < 4.78 is 0. The van der Waals surface area contributed by atoms with Crippen LogP contribution in [0, 0.1) is 5.92 Å². The Kier molecular flexibility index (Phi) is 6.12. The molecule has 1 unspecified atom stereocenters. The van der Waals surface area contributed by atoms with Crippen molar-refractivity contribution in [2.45, 2.75) is 32.7 Å². The molecule has 1 atom stereocenters. The van der Waals surface area contributed by atoms with Gasteiger partial charge in [0.1, 0.15) is 4.99 Å². The molecule has 0 fully saturated rings. The molecule has 26 heavy (non-hydrogen) atoms. The van der Waals surface area contributed by atoms with Crippen molar-refractivity contribution in [3.63, 3.8) is 0 Å². The van der Waals surface area contributed by atoms with Crippen LogP contribution >= 0.6 is 12.2 Å². The first kappa shape index (κ1) is 18.3. The van der Waals surface area contributed by atoms with Crippen LogP contribution in [0.1, 0.15) is 31.7 Å². The number of thiocarbonyl (C=S) groups is 1. The first-order valence-electron chi connectivity index (χ1n) is 8.93. The Hall–Kier alpha value is -2.53. The Bertz CT molecular complexity index is 803. The van der Waals surface area contributed by atoms with E-state index in [4.69, 9.17) is 12.2 Å². The SMILES string of the molecule is CCC1CC(=O)C(C(=S)Nc2ccccc2)=C(NCc2ccncc2)C1. The minimum Gasteiger partial charge on any atom is -0.384 e. The summed E-state index contributed by atoms with van der Waals surface area (Å²) in [5, 5.41) is 6.66. The molecule has 3 rings (SSSR count). The van der Waals surface area contributed by atoms with E-state index in [0.717, 1.165) is 29.8 Å². The predicted octanol–water partition coefficient (Wildman–Crippen LogP) is 4.25. The fourth-order valence-corrected chi connectivity index (χ4v) is 3.49. The summed E-state index contributed by atoms with van der Waals surface area (Å²) in [6.45, 7) is 2.78. The molecule has 2 N–H and O–H groups in total. The van der Waals surface area contributed by atoms with Gasteiger partial charge in [0.25, 0.3) is 0 Å². The van der Waals surface area contributed by atoms with E-state index in [9.17, 15) is 4.79 Å². The molecule has 134 valence electrons. The molecule has 1 aromatic carbocycles. The minimum absolute atomic E-state index is 0.119. The number of nitrogens with zero attached hydrogens (tertiary/aromatic N) is 1. The van der Waals surface area contributed by atoms with E-state index in [2.05, 4.69) is 22.5 Å². The van der Waals surface area contributed by atoms with Crippen LogP contribution in [0.25, 0.3) is 0 Å². The Balaban J connectivity index is 1.82. The second-order valence-electron chi connectivity index (χ2n) is 6.49. The van der Waals surface area contributed by atoms with Gasteiger partial charge < -0.3 is 10.6 Å². The van der Waals surface area contributed by atoms with Crippen molar-refractivity contribution in [1.29, 1.82) is 0 Å². The van der Waals surface area contributed by atoms with Crippen LogP contribution in [-0.4, -0.2) is 15.8 Å². The van der Waals surface area contributed by atoms with Crippen LogP contribution in [0.3, 0.4) is 0 Å². The number of allylic oxidation sites excluding steroid dienone is 1. The lowest BCUT2D eigenvalue weighted by atomic mass is 9.84. The summed E-state index contributed by atoms with van der Waals surface area (Å²) in [4.78, 5) is 17.3. The largest absolute Gasteiger partial charge is 0.384 e. The first-order chi connectivity index (χ1) is 12.7. The van der Waals surface area contributed by atoms with Crippen molar-refractivity contribution < 1.29 is 4.79 Å². The lowest BCUT2D eigenvalue weighted by Gasteiger charge is -2.27. The molecule has 2 aromatic rings. The lowest BCUT2D eigenvalue weighted by Crippen LogP contribution is -2.32. The van der Waals surface area contributed by atoms with Gasteiger partial charge in [0.2, 0.25) is 0 Å². The molecule has 0 amide bonds. The summed E-state index contributed by atoms with van der Waals surface area (Å²) in [7, 11) is 0. The van der Waals surface area contributed by atoms with Gasteiger partial charge in [-0.05, 0) is 42.2 Å². The third-order valence-corrected chi connectivity index (χ3v) is 4.94. The number of ketones is 1. The monoisotopic (exact) mass is 365 g/mol. The van der Waals surface area contributed by atoms with Gasteiger partial charge in [-0.15, -0.1) is 0 Å². The second-order valence-corrected chi connectivity index (χ2v) is 6.90. The molecule has 1 aromatic heterocycles. The minimum atomic E-state index is 0.119. The van der Waals surface area contributed by atoms with Crippen LogP contribution in [0.4, 0.5) is 5.69 Å². The van der Waals surface area contributed by atoms with Gasteiger partial charge >= 0.3 is 0 Å². The standard InChI is InChI=1S/C21H23N3OS/c1-2-15-12-18(23-14-16-8-10-22-11-9-16)20(19(25)13-15)21(26)24-17-6-4-3-5-7-17/h3-11,15,23H,2,12-14H2,1H3,(H,24,26). The predicted molar refractivity (Wildman–Crippen MR) is 109 cm³/mol. The molecule has 0 spiro atoms. The number of rotatable bonds is 6. The zero-order valence-electron chi connectivity index (χ0n) is 14.9. The molecule has 0 radical (unpaired) electrons. The van der Waals surface area contributed by atoms with Gasteiger partial charge in [0.05, 0.1) is 5.57 Å². The molecule has 1 heterocycles. The summed E-state index contributed by atoms with van der Waals surface area (Å²) in [5.74, 6) is 0.486. The summed E-state index contributed by atoms with van der Waals surface area (Å²) in [6.07, 6.45) is 5.93. The number of carbonyl (C=O) groups excluding carboxylic acids is 1. The van der Waals surface area contributed by atoms with Gasteiger partial charge in [-0.2, -0.15) is 0 Å². The Morgan fingerprint density at radius 1 is 1.15 bits per heavy atom. The maximum Gasteiger partial charge on any atom is 0.167 e. The van der Waals surface area contributed by atoms with Gasteiger partial charge in [0.15, 0.2) is 5.78 Å². The summed E-state index contributed by atoms with van der Waals surface area (Å²) in [5.41, 5.74) is 3.59. The number of hydrogen-bond acceptors (Lipinski definition) is 4. The quantitative estimate of drug-likeness (QED) is 0.750. The van der Waals surface area contributed by atoms with E-state index >= 15 is 0 Å². The summed E-state index contributed by atoms with van der Waals surface area (Å²) in [6, 6.07) is 13.7. The molecule has 0 bridgehead atoms. The van der Waals surface area contributed by atoms with E-state index < -0.39 is 0 Å². The highest BCUT2D eigenvalue weighted by Crippen LogP contribution is 2.29. The van der Waals surface area contributed by atoms with E-state index in [1.165, 1.54) is 0 Å². The van der Waals surface area contributed by atoms with E-state index in [1.807, 2.05) is 42.5 Å². The van der Waals surface area contributed by atoms with Crippen molar-refractivity contribution in [2.75, 3.05) is 5.32 Å². The highest BCUT2D eigenvalue weighted by Gasteiger charge is 2.29. The molecule has 1 aliphatic carbocycles. The lowest BCUT2D eigenvalue weighted by molar-refractivity contribution is -0.116. The summed E-state index contributed by atoms with van der Waals surface area (Å²) >= 11 is 5.58. The van der Waals surface area contributed by atoms with Crippen molar-refractivity contribution in [3.05, 3.63) is 71.7 Å². The molecule has 5 heteroatoms. The van der Waals surface area contributed by atoms with Crippen LogP contribution in [0.15, 0.2) is 66.1 Å². The fourth-order valence-electron chi connectivity index (χ4n) is 3.13. The molecule has 0 aliphatic heterocycles. The normalized spacial score (nSPS) is 17.1. The second kappa shape index (κ2) is 8.72. The average molecular weight is 366 g/mol. The average Bonchev–Trinajstić information content (AvgIpc) is 2.67. The maximum absolute atomic E-state index is 12.8. The Labute approximate surface area is 159 Å². The number of anilines is 1. The topological polar surface area (TPSA) is 54.0 Å². The van der Waals surface area contributed by atoms with Crippen molar-refractivity contribution in [3.8, 4) is 0 Å². The third-order valence-electron chi connectivity index (χ3n) is 4.64. The number of aromatic nitrogens is 1. The molecular weight excluding hydrogens is 342 g/mol. The number of nitrogens with one attached hydrogen (secondary N) is 2. The molecule has 0 saturated heterocycles. The highest BCUT2D eigenvalue weighted by atomic mass is 32.1. The number of carbonyl (C=O) groups is 1. The van der Waals surface area contributed by atoms with Crippen LogP contribution < -0.4 is 10.6 Å². The fraction of sp³-hybridized carbons (Fsp3) is 0.286. The van der Waals surface area contributed by atoms with E-state index in [-0.39, 0.29) is 5.78 Å². The van der Waals surface area contributed by atoms with Crippen molar-refractivity contribution >= 4 is 28.7 Å². The number of benzene rings is 1. The number of hydrogen-bond donors (Lipinski definition) is 2. The van der Waals surface area contributed by atoms with Crippen LogP contribution in [0.2, 0.25) is 0 Å². The number of Topliss-reactive ketones (excluding diaryl/α,β-unsaturated/α-hetero) is 1. The van der Waals surface area contributed by atoms with E-state index in [1.54, 1.807) is 12.4 Å². The molecule has 0 saturated carbocycles. The molecule has 4 nitrogen and oxygen atoms in total. The Morgan fingerprint density at radius 3 is 2.58 bits per heavy atom.